The lowest BCUT2D eigenvalue weighted by Crippen LogP contribution is -2.46. The molecule has 5 heteroatoms. The van der Waals surface area contributed by atoms with Gasteiger partial charge in [-0.2, -0.15) is 0 Å². The minimum Gasteiger partial charge on any atom is -0.390 e. The van der Waals surface area contributed by atoms with Gasteiger partial charge in [-0.05, 0) is 43.6 Å². The van der Waals surface area contributed by atoms with E-state index in [1.165, 1.54) is 23.8 Å². The zero-order valence-electron chi connectivity index (χ0n) is 14.8. The van der Waals surface area contributed by atoms with Crippen LogP contribution in [-0.4, -0.2) is 71.3 Å². The number of rotatable bonds is 3. The third-order valence-electron chi connectivity index (χ3n) is 5.57. The molecule has 4 rings (SSSR count). The Kier molecular flexibility index (Phi) is 5.27. The number of hydrogen-bond acceptors (Lipinski definition) is 5. The van der Waals surface area contributed by atoms with E-state index in [1.54, 1.807) is 0 Å². The number of aliphatic hydroxyl groups excluding tert-OH is 1. The first-order chi connectivity index (χ1) is 12.3. The van der Waals surface area contributed by atoms with Gasteiger partial charge in [-0.25, -0.2) is 0 Å². The number of pyridine rings is 1. The van der Waals surface area contributed by atoms with Gasteiger partial charge in [0.05, 0.1) is 11.6 Å². The molecule has 2 N–H and O–H groups in total. The number of fused-ring (bicyclic) bond motifs is 1. The van der Waals surface area contributed by atoms with Gasteiger partial charge in [0.15, 0.2) is 0 Å². The fourth-order valence-electron chi connectivity index (χ4n) is 4.27. The molecule has 2 aromatic rings. The van der Waals surface area contributed by atoms with E-state index in [2.05, 4.69) is 44.4 Å². The summed E-state index contributed by atoms with van der Waals surface area (Å²) in [6.07, 6.45) is 3.97. The average molecular weight is 340 g/mol. The van der Waals surface area contributed by atoms with Gasteiger partial charge in [0.2, 0.25) is 0 Å². The Morgan fingerprint density at radius 1 is 1.08 bits per heavy atom. The van der Waals surface area contributed by atoms with Crippen molar-refractivity contribution in [2.75, 3.05) is 39.3 Å². The zero-order valence-corrected chi connectivity index (χ0v) is 14.8. The fourth-order valence-corrected chi connectivity index (χ4v) is 4.27. The number of hydrogen-bond donors (Lipinski definition) is 2. The SMILES string of the molecule is O[C@@H]1CN(Cc2cccc3ncccc23)CCN(C2CCNCC2)C1. The van der Waals surface area contributed by atoms with E-state index >= 15 is 0 Å². The van der Waals surface area contributed by atoms with E-state index in [1.807, 2.05) is 12.3 Å². The fraction of sp³-hybridized carbons (Fsp3) is 0.550. The Morgan fingerprint density at radius 3 is 2.84 bits per heavy atom. The van der Waals surface area contributed by atoms with E-state index in [9.17, 15) is 5.11 Å². The molecule has 1 aromatic heterocycles. The topological polar surface area (TPSA) is 51.6 Å². The van der Waals surface area contributed by atoms with Gasteiger partial charge in [0.25, 0.3) is 0 Å². The van der Waals surface area contributed by atoms with Gasteiger partial charge in [0, 0.05) is 50.3 Å². The van der Waals surface area contributed by atoms with Crippen LogP contribution in [-0.2, 0) is 6.54 Å². The number of β-amino-alcohol motifs (C(OH)–C–C–N with tert-alkyl or cyclic N) is 1. The summed E-state index contributed by atoms with van der Waals surface area (Å²) < 4.78 is 0. The van der Waals surface area contributed by atoms with E-state index in [4.69, 9.17) is 0 Å². The first kappa shape index (κ1) is 16.9. The van der Waals surface area contributed by atoms with Crippen molar-refractivity contribution >= 4 is 10.9 Å². The van der Waals surface area contributed by atoms with E-state index in [0.29, 0.717) is 6.04 Å². The maximum absolute atomic E-state index is 10.5. The third-order valence-corrected chi connectivity index (χ3v) is 5.57. The highest BCUT2D eigenvalue weighted by molar-refractivity contribution is 5.81. The molecule has 5 nitrogen and oxygen atoms in total. The standard InChI is InChI=1S/C20H28N4O/c25-18-14-23(11-12-24(15-18)17-6-9-21-10-7-17)13-16-3-1-5-20-19(16)4-2-8-22-20/h1-5,8,17-18,21,25H,6-7,9-15H2/t18-/m1/s1. The Morgan fingerprint density at radius 2 is 1.96 bits per heavy atom. The first-order valence-electron chi connectivity index (χ1n) is 9.47. The van der Waals surface area contributed by atoms with Gasteiger partial charge in [-0.3, -0.25) is 14.8 Å². The first-order valence-corrected chi connectivity index (χ1v) is 9.47. The molecule has 0 bridgehead atoms. The van der Waals surface area contributed by atoms with Gasteiger partial charge in [-0.15, -0.1) is 0 Å². The minimum atomic E-state index is -0.273. The molecular weight excluding hydrogens is 312 g/mol. The Labute approximate surface area is 149 Å². The molecule has 2 fully saturated rings. The molecule has 25 heavy (non-hydrogen) atoms. The monoisotopic (exact) mass is 340 g/mol. The number of aliphatic hydroxyl groups is 1. The molecule has 2 aliphatic rings. The van der Waals surface area contributed by atoms with Crippen molar-refractivity contribution < 1.29 is 5.11 Å². The lowest BCUT2D eigenvalue weighted by Gasteiger charge is -2.34. The molecule has 0 unspecified atom stereocenters. The van der Waals surface area contributed by atoms with Crippen LogP contribution in [0.2, 0.25) is 0 Å². The van der Waals surface area contributed by atoms with Crippen LogP contribution in [0, 0.1) is 0 Å². The maximum Gasteiger partial charge on any atom is 0.0794 e. The molecule has 0 radical (unpaired) electrons. The second-order valence-electron chi connectivity index (χ2n) is 7.35. The summed E-state index contributed by atoms with van der Waals surface area (Å²) in [4.78, 5) is 9.37. The number of aromatic nitrogens is 1. The molecule has 0 spiro atoms. The van der Waals surface area contributed by atoms with Crippen LogP contribution in [0.1, 0.15) is 18.4 Å². The summed E-state index contributed by atoms with van der Waals surface area (Å²) in [7, 11) is 0. The summed E-state index contributed by atoms with van der Waals surface area (Å²) in [5.41, 5.74) is 2.35. The highest BCUT2D eigenvalue weighted by Gasteiger charge is 2.27. The highest BCUT2D eigenvalue weighted by Crippen LogP contribution is 2.20. The van der Waals surface area contributed by atoms with Crippen LogP contribution >= 0.6 is 0 Å². The summed E-state index contributed by atoms with van der Waals surface area (Å²) in [6.45, 7) is 6.69. The van der Waals surface area contributed by atoms with Crippen molar-refractivity contribution in [3.63, 3.8) is 0 Å². The number of piperidine rings is 1. The second kappa shape index (κ2) is 7.79. The van der Waals surface area contributed by atoms with Gasteiger partial charge < -0.3 is 10.4 Å². The highest BCUT2D eigenvalue weighted by atomic mass is 16.3. The van der Waals surface area contributed by atoms with Crippen LogP contribution in [0.15, 0.2) is 36.5 Å². The molecule has 1 atom stereocenters. The van der Waals surface area contributed by atoms with E-state index in [0.717, 1.165) is 51.3 Å². The molecular formula is C20H28N4O. The van der Waals surface area contributed by atoms with Crippen molar-refractivity contribution in [2.45, 2.75) is 31.5 Å². The summed E-state index contributed by atoms with van der Waals surface area (Å²) in [6, 6.07) is 11.1. The van der Waals surface area contributed by atoms with Crippen molar-refractivity contribution in [2.24, 2.45) is 0 Å². The third kappa shape index (κ3) is 4.01. The molecule has 2 saturated heterocycles. The number of nitrogens with zero attached hydrogens (tertiary/aromatic N) is 3. The second-order valence-corrected chi connectivity index (χ2v) is 7.35. The van der Waals surface area contributed by atoms with E-state index < -0.39 is 0 Å². The molecule has 3 heterocycles. The van der Waals surface area contributed by atoms with Gasteiger partial charge in [-0.1, -0.05) is 18.2 Å². The largest absolute Gasteiger partial charge is 0.390 e. The summed E-state index contributed by atoms with van der Waals surface area (Å²) >= 11 is 0. The molecule has 134 valence electrons. The van der Waals surface area contributed by atoms with Crippen molar-refractivity contribution in [3.8, 4) is 0 Å². The quantitative estimate of drug-likeness (QED) is 0.886. The van der Waals surface area contributed by atoms with Crippen molar-refractivity contribution in [1.29, 1.82) is 0 Å². The number of benzene rings is 1. The molecule has 0 amide bonds. The zero-order chi connectivity index (χ0) is 17.1. The van der Waals surface area contributed by atoms with Crippen LogP contribution in [0.5, 0.6) is 0 Å². The summed E-state index contributed by atoms with van der Waals surface area (Å²) in [5.74, 6) is 0. The minimum absolute atomic E-state index is 0.273. The smallest absolute Gasteiger partial charge is 0.0794 e. The average Bonchev–Trinajstić information content (AvgIpc) is 2.84. The van der Waals surface area contributed by atoms with E-state index in [-0.39, 0.29) is 6.10 Å². The Hall–Kier alpha value is -1.53. The predicted molar refractivity (Wildman–Crippen MR) is 100 cm³/mol. The Bertz CT molecular complexity index is 696. The van der Waals surface area contributed by atoms with Crippen LogP contribution in [0.25, 0.3) is 10.9 Å². The van der Waals surface area contributed by atoms with Crippen LogP contribution < -0.4 is 5.32 Å². The van der Waals surface area contributed by atoms with Gasteiger partial charge >= 0.3 is 0 Å². The van der Waals surface area contributed by atoms with Crippen LogP contribution in [0.4, 0.5) is 0 Å². The molecule has 0 aliphatic carbocycles. The maximum atomic E-state index is 10.5. The molecule has 1 aromatic carbocycles. The van der Waals surface area contributed by atoms with Crippen LogP contribution in [0.3, 0.4) is 0 Å². The Balaban J connectivity index is 1.46. The molecule has 2 aliphatic heterocycles. The van der Waals surface area contributed by atoms with Crippen molar-refractivity contribution in [1.82, 2.24) is 20.1 Å². The van der Waals surface area contributed by atoms with Crippen molar-refractivity contribution in [3.05, 3.63) is 42.1 Å². The lowest BCUT2D eigenvalue weighted by atomic mass is 10.0. The number of nitrogens with one attached hydrogen (secondary N) is 1. The summed E-state index contributed by atoms with van der Waals surface area (Å²) in [5, 5.41) is 15.2. The van der Waals surface area contributed by atoms with Gasteiger partial charge in [0.1, 0.15) is 0 Å². The molecule has 0 saturated carbocycles. The normalized spacial score (nSPS) is 24.4. The lowest BCUT2D eigenvalue weighted by molar-refractivity contribution is 0.0854. The predicted octanol–water partition coefficient (Wildman–Crippen LogP) is 1.47.